The lowest BCUT2D eigenvalue weighted by Crippen LogP contribution is -2.42. The van der Waals surface area contributed by atoms with Gasteiger partial charge in [0.05, 0.1) is 19.1 Å². The predicted molar refractivity (Wildman–Crippen MR) is 113 cm³/mol. The van der Waals surface area contributed by atoms with Crippen LogP contribution in [0.3, 0.4) is 0 Å². The Labute approximate surface area is 177 Å². The van der Waals surface area contributed by atoms with Gasteiger partial charge in [-0.25, -0.2) is 13.1 Å². The van der Waals surface area contributed by atoms with E-state index in [1.807, 2.05) is 6.92 Å². The number of allylic oxidation sites excluding steroid dienone is 3. The molecule has 1 aliphatic rings. The molecule has 0 aliphatic heterocycles. The maximum atomic E-state index is 12.8. The first-order chi connectivity index (χ1) is 14.0. The minimum Gasteiger partial charge on any atom is -0.468 e. The second kappa shape index (κ2) is 8.97. The Morgan fingerprint density at radius 2 is 1.67 bits per heavy atom. The van der Waals surface area contributed by atoms with Gasteiger partial charge in [-0.1, -0.05) is 35.9 Å². The Kier molecular flexibility index (Phi) is 7.05. The number of ether oxygens (including phenoxy) is 2. The van der Waals surface area contributed by atoms with Crippen LogP contribution in [0.2, 0.25) is 0 Å². The molecule has 0 saturated carbocycles. The van der Waals surface area contributed by atoms with Gasteiger partial charge in [-0.2, -0.15) is 0 Å². The summed E-state index contributed by atoms with van der Waals surface area (Å²) < 4.78 is 37.9. The fourth-order valence-electron chi connectivity index (χ4n) is 3.77. The van der Waals surface area contributed by atoms with Crippen molar-refractivity contribution >= 4 is 22.0 Å². The monoisotopic (exact) mass is 433 g/mol. The van der Waals surface area contributed by atoms with Crippen LogP contribution in [0.25, 0.3) is 0 Å². The van der Waals surface area contributed by atoms with Crippen LogP contribution in [-0.4, -0.2) is 41.1 Å². The van der Waals surface area contributed by atoms with Crippen LogP contribution in [0.4, 0.5) is 0 Å². The molecule has 162 valence electrons. The van der Waals surface area contributed by atoms with Crippen LogP contribution in [0, 0.1) is 12.3 Å². The first kappa shape index (κ1) is 23.6. The maximum Gasteiger partial charge on any atom is 0.328 e. The molecule has 0 fully saturated rings. The Hall–Kier alpha value is -2.71. The number of nitrogens with one attached hydrogen (secondary N) is 1. The summed E-state index contributed by atoms with van der Waals surface area (Å²) in [5.74, 6) is -1.53. The van der Waals surface area contributed by atoms with Crippen molar-refractivity contribution in [2.24, 2.45) is 5.41 Å². The first-order valence-electron chi connectivity index (χ1n) is 9.31. The van der Waals surface area contributed by atoms with Crippen molar-refractivity contribution in [1.82, 2.24) is 4.72 Å². The molecule has 0 radical (unpaired) electrons. The summed E-state index contributed by atoms with van der Waals surface area (Å²) in [6.45, 7) is 9.01. The van der Waals surface area contributed by atoms with E-state index >= 15 is 0 Å². The third kappa shape index (κ3) is 4.11. The number of methoxy groups -OCH3 is 2. The molecule has 8 heteroatoms. The average Bonchev–Trinajstić information content (AvgIpc) is 3.07. The Morgan fingerprint density at radius 3 is 2.10 bits per heavy atom. The van der Waals surface area contributed by atoms with Gasteiger partial charge < -0.3 is 9.47 Å². The summed E-state index contributed by atoms with van der Waals surface area (Å²) in [5.41, 5.74) is 1.39. The van der Waals surface area contributed by atoms with Gasteiger partial charge in [-0.3, -0.25) is 9.59 Å². The number of rotatable bonds is 7. The van der Waals surface area contributed by atoms with Crippen LogP contribution in [0.1, 0.15) is 25.8 Å². The lowest BCUT2D eigenvalue weighted by molar-refractivity contribution is -0.165. The molecule has 0 heterocycles. The quantitative estimate of drug-likeness (QED) is 0.524. The smallest absolute Gasteiger partial charge is 0.328 e. The average molecular weight is 434 g/mol. The molecule has 0 aromatic heterocycles. The predicted octanol–water partition coefficient (Wildman–Crippen LogP) is 2.83. The van der Waals surface area contributed by atoms with Crippen LogP contribution in [0.5, 0.6) is 0 Å². The standard InChI is InChI=1S/C22H27NO6S/c1-7-16-12-22(20(24)28-5,21(25)29-6)19(14(2)3)18(16)13-23-30(26,27)17-10-8-15(4)9-11-17/h7-11,23H,1,12-13H2,2-6H3. The molecule has 0 saturated heterocycles. The fraction of sp³-hybridized carbons (Fsp3) is 0.364. The van der Waals surface area contributed by atoms with Crippen molar-refractivity contribution in [2.45, 2.75) is 32.1 Å². The molecule has 0 spiro atoms. The number of esters is 2. The molecule has 0 atom stereocenters. The minimum atomic E-state index is -3.81. The van der Waals surface area contributed by atoms with E-state index in [4.69, 9.17) is 9.47 Å². The molecule has 7 nitrogen and oxygen atoms in total. The third-order valence-electron chi connectivity index (χ3n) is 5.16. The fourth-order valence-corrected chi connectivity index (χ4v) is 4.77. The molecular weight excluding hydrogens is 406 g/mol. The van der Waals surface area contributed by atoms with E-state index in [1.54, 1.807) is 26.0 Å². The van der Waals surface area contributed by atoms with Gasteiger partial charge in [0, 0.05) is 13.0 Å². The number of benzene rings is 1. The number of carbonyl (C=O) groups excluding carboxylic acids is 2. The van der Waals surface area contributed by atoms with Gasteiger partial charge in [-0.15, -0.1) is 0 Å². The van der Waals surface area contributed by atoms with Crippen LogP contribution in [0.15, 0.2) is 64.1 Å². The van der Waals surface area contributed by atoms with Gasteiger partial charge in [0.1, 0.15) is 0 Å². The molecule has 2 rings (SSSR count). The lowest BCUT2D eigenvalue weighted by Gasteiger charge is -2.27. The number of hydrogen-bond acceptors (Lipinski definition) is 6. The Balaban J connectivity index is 2.51. The van der Waals surface area contributed by atoms with Gasteiger partial charge in [0.25, 0.3) is 0 Å². The number of hydrogen-bond donors (Lipinski definition) is 1. The van der Waals surface area contributed by atoms with Gasteiger partial charge in [0.2, 0.25) is 10.0 Å². The van der Waals surface area contributed by atoms with Crippen LogP contribution >= 0.6 is 0 Å². The van der Waals surface area contributed by atoms with Gasteiger partial charge in [0.15, 0.2) is 5.41 Å². The molecule has 1 aromatic rings. The zero-order chi connectivity index (χ0) is 22.7. The van der Waals surface area contributed by atoms with Crippen molar-refractivity contribution in [3.8, 4) is 0 Å². The zero-order valence-electron chi connectivity index (χ0n) is 17.9. The highest BCUT2D eigenvalue weighted by molar-refractivity contribution is 7.89. The lowest BCUT2D eigenvalue weighted by atomic mass is 9.77. The maximum absolute atomic E-state index is 12.8. The topological polar surface area (TPSA) is 98.8 Å². The van der Waals surface area contributed by atoms with E-state index in [1.165, 1.54) is 32.4 Å². The summed E-state index contributed by atoms with van der Waals surface area (Å²) >= 11 is 0. The van der Waals surface area contributed by atoms with E-state index in [0.29, 0.717) is 22.3 Å². The van der Waals surface area contributed by atoms with E-state index < -0.39 is 27.4 Å². The number of aryl methyl sites for hydroxylation is 1. The molecule has 1 N–H and O–H groups in total. The van der Waals surface area contributed by atoms with E-state index in [-0.39, 0.29) is 17.9 Å². The summed E-state index contributed by atoms with van der Waals surface area (Å²) in [7, 11) is -1.42. The molecule has 1 aliphatic carbocycles. The van der Waals surface area contributed by atoms with E-state index in [0.717, 1.165) is 5.56 Å². The molecular formula is C22H27NO6S. The largest absolute Gasteiger partial charge is 0.468 e. The van der Waals surface area contributed by atoms with Gasteiger partial charge >= 0.3 is 11.9 Å². The Morgan fingerprint density at radius 1 is 1.13 bits per heavy atom. The zero-order valence-corrected chi connectivity index (χ0v) is 18.7. The normalized spacial score (nSPS) is 15.7. The van der Waals surface area contributed by atoms with Crippen molar-refractivity contribution in [1.29, 1.82) is 0 Å². The van der Waals surface area contributed by atoms with E-state index in [9.17, 15) is 18.0 Å². The first-order valence-corrected chi connectivity index (χ1v) is 10.8. The second-order valence-corrected chi connectivity index (χ2v) is 9.05. The molecule has 0 bridgehead atoms. The van der Waals surface area contributed by atoms with Crippen molar-refractivity contribution in [2.75, 3.05) is 20.8 Å². The SMILES string of the molecule is C=CC1=C(CNS(=O)(=O)c2ccc(C)cc2)C(=C(C)C)C(C(=O)OC)(C(=O)OC)C1. The van der Waals surface area contributed by atoms with Crippen molar-refractivity contribution < 1.29 is 27.5 Å². The highest BCUT2D eigenvalue weighted by Crippen LogP contribution is 2.50. The second-order valence-electron chi connectivity index (χ2n) is 7.29. The van der Waals surface area contributed by atoms with Crippen molar-refractivity contribution in [3.63, 3.8) is 0 Å². The Bertz CT molecular complexity index is 1010. The number of carbonyl (C=O) groups is 2. The highest BCUT2D eigenvalue weighted by atomic mass is 32.2. The van der Waals surface area contributed by atoms with Crippen LogP contribution in [-0.2, 0) is 29.1 Å². The molecule has 0 amide bonds. The van der Waals surface area contributed by atoms with Crippen molar-refractivity contribution in [3.05, 3.63) is 64.8 Å². The summed E-state index contributed by atoms with van der Waals surface area (Å²) in [6, 6.07) is 6.45. The van der Waals surface area contributed by atoms with Crippen LogP contribution < -0.4 is 4.72 Å². The number of sulfonamides is 1. The molecule has 1 aromatic carbocycles. The molecule has 30 heavy (non-hydrogen) atoms. The summed E-state index contributed by atoms with van der Waals surface area (Å²) in [6.07, 6.45) is 1.50. The summed E-state index contributed by atoms with van der Waals surface area (Å²) in [4.78, 5) is 25.6. The molecule has 0 unspecified atom stereocenters. The van der Waals surface area contributed by atoms with Gasteiger partial charge in [-0.05, 0) is 49.6 Å². The minimum absolute atomic E-state index is 0.0159. The van der Waals surface area contributed by atoms with E-state index in [2.05, 4.69) is 11.3 Å². The summed E-state index contributed by atoms with van der Waals surface area (Å²) in [5, 5.41) is 0. The highest BCUT2D eigenvalue weighted by Gasteiger charge is 2.57. The third-order valence-corrected chi connectivity index (χ3v) is 6.57.